The highest BCUT2D eigenvalue weighted by Gasteiger charge is 2.49. The van der Waals surface area contributed by atoms with Crippen molar-refractivity contribution in [2.75, 3.05) is 6.61 Å². The topological polar surface area (TPSA) is 55.0 Å². The molecule has 0 aromatic carbocycles. The lowest BCUT2D eigenvalue weighted by Crippen LogP contribution is -2.07. The van der Waals surface area contributed by atoms with E-state index in [0.717, 1.165) is 23.6 Å². The number of rotatable bonds is 2. The average molecular weight is 192 g/mol. The summed E-state index contributed by atoms with van der Waals surface area (Å²) in [6, 6.07) is 0. The molecular formula is C10H12N2O2. The van der Waals surface area contributed by atoms with Gasteiger partial charge in [-0.25, -0.2) is 4.79 Å². The molecule has 0 bridgehead atoms. The second-order valence-electron chi connectivity index (χ2n) is 3.99. The van der Waals surface area contributed by atoms with Crippen molar-refractivity contribution in [1.29, 1.82) is 0 Å². The van der Waals surface area contributed by atoms with Crippen LogP contribution < -0.4 is 0 Å². The van der Waals surface area contributed by atoms with E-state index in [-0.39, 0.29) is 5.97 Å². The van der Waals surface area contributed by atoms with Crippen molar-refractivity contribution in [3.63, 3.8) is 0 Å². The first-order valence-corrected chi connectivity index (χ1v) is 5.05. The van der Waals surface area contributed by atoms with Crippen LogP contribution in [0.4, 0.5) is 0 Å². The maximum Gasteiger partial charge on any atom is 0.359 e. The van der Waals surface area contributed by atoms with Gasteiger partial charge in [0, 0.05) is 11.3 Å². The molecule has 0 amide bonds. The van der Waals surface area contributed by atoms with Crippen LogP contribution in [-0.4, -0.2) is 22.8 Å². The van der Waals surface area contributed by atoms with Gasteiger partial charge in [-0.2, -0.15) is 5.10 Å². The van der Waals surface area contributed by atoms with Crippen LogP contribution in [0.5, 0.6) is 0 Å². The third-order valence-corrected chi connectivity index (χ3v) is 3.11. The van der Waals surface area contributed by atoms with Gasteiger partial charge in [0.05, 0.1) is 6.61 Å². The van der Waals surface area contributed by atoms with E-state index in [0.29, 0.717) is 18.2 Å². The van der Waals surface area contributed by atoms with Gasteiger partial charge in [0.2, 0.25) is 0 Å². The molecule has 2 aliphatic carbocycles. The lowest BCUT2D eigenvalue weighted by atomic mass is 10.1. The molecule has 1 heterocycles. The predicted octanol–water partition coefficient (Wildman–Crippen LogP) is 1.25. The van der Waals surface area contributed by atoms with E-state index in [1.807, 2.05) is 6.92 Å². The number of aromatic amines is 1. The maximum absolute atomic E-state index is 11.5. The smallest absolute Gasteiger partial charge is 0.359 e. The normalized spacial score (nSPS) is 26.9. The third kappa shape index (κ3) is 0.937. The van der Waals surface area contributed by atoms with E-state index in [4.69, 9.17) is 4.74 Å². The van der Waals surface area contributed by atoms with Gasteiger partial charge >= 0.3 is 5.97 Å². The molecule has 0 unspecified atom stereocenters. The number of carbonyl (C=O) groups is 1. The van der Waals surface area contributed by atoms with Crippen LogP contribution in [0.2, 0.25) is 0 Å². The van der Waals surface area contributed by atoms with E-state index >= 15 is 0 Å². The molecule has 1 saturated carbocycles. The Morgan fingerprint density at radius 1 is 1.71 bits per heavy atom. The van der Waals surface area contributed by atoms with Gasteiger partial charge < -0.3 is 4.74 Å². The zero-order valence-electron chi connectivity index (χ0n) is 8.04. The quantitative estimate of drug-likeness (QED) is 0.717. The number of carbonyl (C=O) groups excluding carboxylic acids is 1. The first-order chi connectivity index (χ1) is 6.81. The van der Waals surface area contributed by atoms with Crippen molar-refractivity contribution in [3.05, 3.63) is 17.0 Å². The standard InChI is InChI=1S/C10H12N2O2/c1-2-14-10(13)9-8-6-3-5(6)4-7(8)11-12-9/h5-6H,2-4H2,1H3,(H,11,12)/t5-,6-/m0/s1. The Labute approximate surface area is 81.6 Å². The van der Waals surface area contributed by atoms with Gasteiger partial charge in [-0.1, -0.05) is 0 Å². The zero-order chi connectivity index (χ0) is 9.71. The highest BCUT2D eigenvalue weighted by molar-refractivity contribution is 5.90. The van der Waals surface area contributed by atoms with Crippen LogP contribution >= 0.6 is 0 Å². The Hall–Kier alpha value is -1.32. The summed E-state index contributed by atoms with van der Waals surface area (Å²) in [6.07, 6.45) is 2.28. The van der Waals surface area contributed by atoms with Crippen LogP contribution in [0.15, 0.2) is 0 Å². The molecule has 1 aromatic rings. The van der Waals surface area contributed by atoms with Crippen molar-refractivity contribution in [2.24, 2.45) is 5.92 Å². The van der Waals surface area contributed by atoms with Gasteiger partial charge in [0.1, 0.15) is 0 Å². The lowest BCUT2D eigenvalue weighted by molar-refractivity contribution is 0.0518. The molecule has 4 nitrogen and oxygen atoms in total. The second kappa shape index (κ2) is 2.59. The molecule has 1 aromatic heterocycles. The van der Waals surface area contributed by atoms with Gasteiger partial charge in [0.15, 0.2) is 5.69 Å². The molecule has 0 radical (unpaired) electrons. The predicted molar refractivity (Wildman–Crippen MR) is 49.1 cm³/mol. The first-order valence-electron chi connectivity index (χ1n) is 5.05. The first kappa shape index (κ1) is 8.03. The van der Waals surface area contributed by atoms with Crippen molar-refractivity contribution in [2.45, 2.75) is 25.7 Å². The van der Waals surface area contributed by atoms with Crippen LogP contribution in [0.3, 0.4) is 0 Å². The SMILES string of the molecule is CCOC(=O)c1n[nH]c2c1[C@H]1C[C@H]1C2. The molecule has 0 spiro atoms. The highest BCUT2D eigenvalue weighted by Crippen LogP contribution is 2.56. The highest BCUT2D eigenvalue weighted by atomic mass is 16.5. The van der Waals surface area contributed by atoms with Crippen LogP contribution in [-0.2, 0) is 11.2 Å². The van der Waals surface area contributed by atoms with Crippen LogP contribution in [0.25, 0.3) is 0 Å². The van der Waals surface area contributed by atoms with E-state index in [1.54, 1.807) is 0 Å². The Morgan fingerprint density at radius 2 is 2.57 bits per heavy atom. The average Bonchev–Trinajstić information content (AvgIpc) is 2.65. The fraction of sp³-hybridized carbons (Fsp3) is 0.600. The monoisotopic (exact) mass is 192 g/mol. The van der Waals surface area contributed by atoms with Gasteiger partial charge in [-0.3, -0.25) is 5.10 Å². The summed E-state index contributed by atoms with van der Waals surface area (Å²) < 4.78 is 4.96. The second-order valence-corrected chi connectivity index (χ2v) is 3.99. The molecule has 14 heavy (non-hydrogen) atoms. The van der Waals surface area contributed by atoms with E-state index in [9.17, 15) is 4.79 Å². The Morgan fingerprint density at radius 3 is 3.36 bits per heavy atom. The summed E-state index contributed by atoms with van der Waals surface area (Å²) in [4.78, 5) is 11.5. The lowest BCUT2D eigenvalue weighted by Gasteiger charge is -1.99. The van der Waals surface area contributed by atoms with Crippen molar-refractivity contribution >= 4 is 5.97 Å². The summed E-state index contributed by atoms with van der Waals surface area (Å²) in [6.45, 7) is 2.22. The summed E-state index contributed by atoms with van der Waals surface area (Å²) in [7, 11) is 0. The molecule has 0 aliphatic heterocycles. The summed E-state index contributed by atoms with van der Waals surface area (Å²) in [5.41, 5.74) is 2.80. The Kier molecular flexibility index (Phi) is 1.48. The molecule has 0 saturated heterocycles. The fourth-order valence-corrected chi connectivity index (χ4v) is 2.39. The van der Waals surface area contributed by atoms with E-state index in [1.165, 1.54) is 6.42 Å². The fourth-order valence-electron chi connectivity index (χ4n) is 2.39. The third-order valence-electron chi connectivity index (χ3n) is 3.11. The molecule has 74 valence electrons. The van der Waals surface area contributed by atoms with Crippen molar-refractivity contribution < 1.29 is 9.53 Å². The Balaban J connectivity index is 1.95. The number of aromatic nitrogens is 2. The number of fused-ring (bicyclic) bond motifs is 3. The van der Waals surface area contributed by atoms with E-state index < -0.39 is 0 Å². The molecular weight excluding hydrogens is 180 g/mol. The van der Waals surface area contributed by atoms with E-state index in [2.05, 4.69) is 10.2 Å². The molecule has 1 fully saturated rings. The number of esters is 1. The largest absolute Gasteiger partial charge is 0.461 e. The summed E-state index contributed by atoms with van der Waals surface area (Å²) in [5.74, 6) is 1.08. The molecule has 2 atom stereocenters. The minimum atomic E-state index is -0.280. The number of H-pyrrole nitrogens is 1. The maximum atomic E-state index is 11.5. The zero-order valence-corrected chi connectivity index (χ0v) is 8.04. The molecule has 3 rings (SSSR count). The minimum absolute atomic E-state index is 0.280. The van der Waals surface area contributed by atoms with Crippen molar-refractivity contribution in [3.8, 4) is 0 Å². The minimum Gasteiger partial charge on any atom is -0.461 e. The van der Waals surface area contributed by atoms with Crippen molar-refractivity contribution in [1.82, 2.24) is 10.2 Å². The summed E-state index contributed by atoms with van der Waals surface area (Å²) >= 11 is 0. The molecule has 2 aliphatic rings. The molecule has 1 N–H and O–H groups in total. The van der Waals surface area contributed by atoms with Crippen LogP contribution in [0.1, 0.15) is 41.0 Å². The number of hydrogen-bond donors (Lipinski definition) is 1. The van der Waals surface area contributed by atoms with Gasteiger partial charge in [-0.05, 0) is 31.6 Å². The van der Waals surface area contributed by atoms with Gasteiger partial charge in [0.25, 0.3) is 0 Å². The summed E-state index contributed by atoms with van der Waals surface area (Å²) in [5, 5.41) is 6.97. The Bertz CT molecular complexity index is 397. The van der Waals surface area contributed by atoms with Crippen LogP contribution in [0, 0.1) is 5.92 Å². The molecule has 4 heteroatoms. The number of nitrogens with zero attached hydrogens (tertiary/aromatic N) is 1. The number of hydrogen-bond acceptors (Lipinski definition) is 3. The number of nitrogens with one attached hydrogen (secondary N) is 1. The van der Waals surface area contributed by atoms with Gasteiger partial charge in [-0.15, -0.1) is 0 Å². The number of ether oxygens (including phenoxy) is 1.